The molecule has 21 heavy (non-hydrogen) atoms. The van der Waals surface area contributed by atoms with Crippen molar-refractivity contribution in [1.29, 1.82) is 0 Å². The first-order chi connectivity index (χ1) is 9.97. The first kappa shape index (κ1) is 15.4. The predicted octanol–water partition coefficient (Wildman–Crippen LogP) is 4.40. The Kier molecular flexibility index (Phi) is 4.86. The van der Waals surface area contributed by atoms with E-state index in [4.69, 9.17) is 22.1 Å². The Bertz CT molecular complexity index is 636. The largest absolute Gasteiger partial charge is 0.457 e. The van der Waals surface area contributed by atoms with Gasteiger partial charge in [0.05, 0.1) is 5.56 Å². The van der Waals surface area contributed by atoms with Crippen LogP contribution in [-0.2, 0) is 11.3 Å². The maximum absolute atomic E-state index is 12.0. The first-order valence-corrected chi connectivity index (χ1v) is 7.16. The molecule has 0 amide bonds. The van der Waals surface area contributed by atoms with E-state index in [1.54, 1.807) is 12.1 Å². The second kappa shape index (κ2) is 6.64. The van der Waals surface area contributed by atoms with Gasteiger partial charge in [-0.2, -0.15) is 0 Å². The van der Waals surface area contributed by atoms with E-state index < -0.39 is 5.97 Å². The summed E-state index contributed by atoms with van der Waals surface area (Å²) in [5, 5.41) is 0.456. The summed E-state index contributed by atoms with van der Waals surface area (Å²) in [6.07, 6.45) is 0. The first-order valence-electron chi connectivity index (χ1n) is 6.78. The molecular weight excluding hydrogens is 286 g/mol. The number of hydrogen-bond acceptors (Lipinski definition) is 3. The van der Waals surface area contributed by atoms with Crippen LogP contribution in [0.25, 0.3) is 0 Å². The van der Waals surface area contributed by atoms with Gasteiger partial charge in [-0.25, -0.2) is 4.79 Å². The quantitative estimate of drug-likeness (QED) is 0.672. The smallest absolute Gasteiger partial charge is 0.340 e. The van der Waals surface area contributed by atoms with Crippen LogP contribution in [0.4, 0.5) is 5.69 Å². The standard InChI is InChI=1S/C17H18ClNO2/c1-11(2)13-5-3-12(4-6-13)10-21-17(20)15-9-14(18)7-8-16(15)19/h3-9,11H,10,19H2,1-2H3. The summed E-state index contributed by atoms with van der Waals surface area (Å²) in [6, 6.07) is 12.8. The molecule has 0 aliphatic heterocycles. The number of halogens is 1. The summed E-state index contributed by atoms with van der Waals surface area (Å²) in [7, 11) is 0. The molecule has 110 valence electrons. The summed E-state index contributed by atoms with van der Waals surface area (Å²) in [5.74, 6) is 0.01000. The molecule has 0 fully saturated rings. The number of carbonyl (C=O) groups is 1. The van der Waals surface area contributed by atoms with Crippen LogP contribution in [0.2, 0.25) is 5.02 Å². The Hall–Kier alpha value is -2.00. The van der Waals surface area contributed by atoms with Crippen molar-refractivity contribution in [3.8, 4) is 0 Å². The van der Waals surface area contributed by atoms with E-state index in [2.05, 4.69) is 13.8 Å². The van der Waals surface area contributed by atoms with Gasteiger partial charge in [-0.1, -0.05) is 49.7 Å². The van der Waals surface area contributed by atoms with Crippen molar-refractivity contribution in [3.05, 3.63) is 64.2 Å². The molecule has 0 bridgehead atoms. The van der Waals surface area contributed by atoms with Gasteiger partial charge in [-0.15, -0.1) is 0 Å². The van der Waals surface area contributed by atoms with Crippen LogP contribution in [0.15, 0.2) is 42.5 Å². The molecule has 0 unspecified atom stereocenters. The van der Waals surface area contributed by atoms with Crippen LogP contribution >= 0.6 is 11.6 Å². The van der Waals surface area contributed by atoms with Gasteiger partial charge in [0.1, 0.15) is 6.61 Å². The third-order valence-electron chi connectivity index (χ3n) is 3.25. The van der Waals surface area contributed by atoms with Crippen molar-refractivity contribution in [2.24, 2.45) is 0 Å². The number of hydrogen-bond donors (Lipinski definition) is 1. The molecule has 2 rings (SSSR count). The lowest BCUT2D eigenvalue weighted by molar-refractivity contribution is 0.0474. The highest BCUT2D eigenvalue weighted by atomic mass is 35.5. The molecule has 2 aromatic carbocycles. The van der Waals surface area contributed by atoms with Crippen molar-refractivity contribution >= 4 is 23.3 Å². The van der Waals surface area contributed by atoms with Gasteiger partial charge >= 0.3 is 5.97 Å². The lowest BCUT2D eigenvalue weighted by Crippen LogP contribution is -2.08. The van der Waals surface area contributed by atoms with E-state index in [1.807, 2.05) is 24.3 Å². The summed E-state index contributed by atoms with van der Waals surface area (Å²) < 4.78 is 5.27. The number of carbonyl (C=O) groups excluding carboxylic acids is 1. The molecule has 4 heteroatoms. The van der Waals surface area contributed by atoms with Crippen LogP contribution in [0, 0.1) is 0 Å². The maximum atomic E-state index is 12.0. The van der Waals surface area contributed by atoms with Gasteiger partial charge in [0.2, 0.25) is 0 Å². The fraction of sp³-hybridized carbons (Fsp3) is 0.235. The van der Waals surface area contributed by atoms with Crippen molar-refractivity contribution in [1.82, 2.24) is 0 Å². The number of anilines is 1. The van der Waals surface area contributed by atoms with Gasteiger partial charge in [-0.05, 0) is 35.2 Å². The summed E-state index contributed by atoms with van der Waals surface area (Å²) in [4.78, 5) is 12.0. The van der Waals surface area contributed by atoms with Crippen molar-refractivity contribution in [2.75, 3.05) is 5.73 Å². The second-order valence-corrected chi connectivity index (χ2v) is 5.64. The van der Waals surface area contributed by atoms with Gasteiger partial charge in [0, 0.05) is 10.7 Å². The lowest BCUT2D eigenvalue weighted by atomic mass is 10.0. The molecule has 0 radical (unpaired) electrons. The number of rotatable bonds is 4. The third kappa shape index (κ3) is 3.99. The molecule has 0 heterocycles. The molecule has 0 spiro atoms. The maximum Gasteiger partial charge on any atom is 0.340 e. The molecular formula is C17H18ClNO2. The minimum Gasteiger partial charge on any atom is -0.457 e. The molecule has 0 aromatic heterocycles. The highest BCUT2D eigenvalue weighted by molar-refractivity contribution is 6.31. The predicted molar refractivity (Wildman–Crippen MR) is 85.5 cm³/mol. The number of esters is 1. The van der Waals surface area contributed by atoms with Gasteiger partial charge < -0.3 is 10.5 Å². The minimum absolute atomic E-state index is 0.211. The van der Waals surface area contributed by atoms with Crippen molar-refractivity contribution in [2.45, 2.75) is 26.4 Å². The summed E-state index contributed by atoms with van der Waals surface area (Å²) >= 11 is 5.86. The number of nitrogens with two attached hydrogens (primary N) is 1. The van der Waals surface area contributed by atoms with Gasteiger partial charge in [0.15, 0.2) is 0 Å². The third-order valence-corrected chi connectivity index (χ3v) is 3.49. The van der Waals surface area contributed by atoms with E-state index in [1.165, 1.54) is 11.6 Å². The highest BCUT2D eigenvalue weighted by Crippen LogP contribution is 2.20. The van der Waals surface area contributed by atoms with Crippen LogP contribution in [0.1, 0.15) is 41.3 Å². The van der Waals surface area contributed by atoms with Crippen LogP contribution in [0.3, 0.4) is 0 Å². The number of benzene rings is 2. The van der Waals surface area contributed by atoms with E-state index in [-0.39, 0.29) is 6.61 Å². The lowest BCUT2D eigenvalue weighted by Gasteiger charge is -2.09. The zero-order valence-corrected chi connectivity index (χ0v) is 12.9. The Morgan fingerprint density at radius 3 is 2.48 bits per heavy atom. The SMILES string of the molecule is CC(C)c1ccc(COC(=O)c2cc(Cl)ccc2N)cc1. The average Bonchev–Trinajstić information content (AvgIpc) is 2.47. The Balaban J connectivity index is 2.02. The molecule has 0 aliphatic carbocycles. The van der Waals surface area contributed by atoms with Crippen LogP contribution in [-0.4, -0.2) is 5.97 Å². The highest BCUT2D eigenvalue weighted by Gasteiger charge is 2.12. The van der Waals surface area contributed by atoms with Gasteiger partial charge in [0.25, 0.3) is 0 Å². The van der Waals surface area contributed by atoms with E-state index in [0.717, 1.165) is 5.56 Å². The van der Waals surface area contributed by atoms with E-state index in [0.29, 0.717) is 22.2 Å². The average molecular weight is 304 g/mol. The molecule has 0 atom stereocenters. The summed E-state index contributed by atoms with van der Waals surface area (Å²) in [5.41, 5.74) is 8.60. The minimum atomic E-state index is -0.470. The number of ether oxygens (including phenoxy) is 1. The molecule has 2 aromatic rings. The fourth-order valence-corrected chi connectivity index (χ4v) is 2.10. The summed E-state index contributed by atoms with van der Waals surface area (Å²) in [6.45, 7) is 4.48. The van der Waals surface area contributed by atoms with Crippen LogP contribution in [0.5, 0.6) is 0 Å². The molecule has 2 N–H and O–H groups in total. The van der Waals surface area contributed by atoms with E-state index in [9.17, 15) is 4.79 Å². The van der Waals surface area contributed by atoms with Crippen molar-refractivity contribution in [3.63, 3.8) is 0 Å². The number of nitrogen functional groups attached to an aromatic ring is 1. The Morgan fingerprint density at radius 2 is 1.86 bits per heavy atom. The fourth-order valence-electron chi connectivity index (χ4n) is 1.93. The van der Waals surface area contributed by atoms with Crippen molar-refractivity contribution < 1.29 is 9.53 Å². The Morgan fingerprint density at radius 1 is 1.19 bits per heavy atom. The van der Waals surface area contributed by atoms with Crippen LogP contribution < -0.4 is 5.73 Å². The zero-order chi connectivity index (χ0) is 15.4. The zero-order valence-electron chi connectivity index (χ0n) is 12.1. The Labute approximate surface area is 129 Å². The molecule has 3 nitrogen and oxygen atoms in total. The normalized spacial score (nSPS) is 10.7. The molecule has 0 saturated heterocycles. The topological polar surface area (TPSA) is 52.3 Å². The van der Waals surface area contributed by atoms with E-state index >= 15 is 0 Å². The molecule has 0 saturated carbocycles. The second-order valence-electron chi connectivity index (χ2n) is 5.20. The van der Waals surface area contributed by atoms with Gasteiger partial charge in [-0.3, -0.25) is 0 Å². The monoisotopic (exact) mass is 303 g/mol. The molecule has 0 aliphatic rings.